The Morgan fingerprint density at radius 2 is 1.81 bits per heavy atom. The third-order valence-electron chi connectivity index (χ3n) is 7.97. The van der Waals surface area contributed by atoms with E-state index >= 15 is 0 Å². The molecule has 172 valence electrons. The average molecular weight is 454 g/mol. The fourth-order valence-corrected chi connectivity index (χ4v) is 7.28. The van der Waals surface area contributed by atoms with Gasteiger partial charge in [0.2, 0.25) is 0 Å². The van der Waals surface area contributed by atoms with Gasteiger partial charge in [-0.2, -0.15) is 0 Å². The molecule has 0 aromatic carbocycles. The number of hydrogen-bond donors (Lipinski definition) is 1. The molecule has 2 aromatic rings. The van der Waals surface area contributed by atoms with Crippen LogP contribution in [0.4, 0.5) is 0 Å². The summed E-state index contributed by atoms with van der Waals surface area (Å²) in [7, 11) is 0. The number of carbonyl (C=O) groups excluding carboxylic acids is 1. The minimum absolute atomic E-state index is 0.0716. The molecule has 2 fully saturated rings. The van der Waals surface area contributed by atoms with Gasteiger partial charge in [-0.3, -0.25) is 9.59 Å². The molecule has 2 aromatic heterocycles. The molecule has 0 radical (unpaired) electrons. The molecule has 1 saturated heterocycles. The van der Waals surface area contributed by atoms with Gasteiger partial charge in [0, 0.05) is 40.0 Å². The molecule has 1 amide bonds. The fourth-order valence-electron chi connectivity index (χ4n) is 5.87. The van der Waals surface area contributed by atoms with E-state index in [0.29, 0.717) is 18.7 Å². The molecule has 1 saturated carbocycles. The molecule has 0 atom stereocenters. The molecular formula is C26H35N3O2S. The van der Waals surface area contributed by atoms with E-state index in [-0.39, 0.29) is 11.5 Å². The summed E-state index contributed by atoms with van der Waals surface area (Å²) in [5.41, 5.74) is 4.57. The van der Waals surface area contributed by atoms with Gasteiger partial charge in [0.05, 0.1) is 12.1 Å². The maximum atomic E-state index is 13.4. The molecule has 5 nitrogen and oxygen atoms in total. The zero-order valence-corrected chi connectivity index (χ0v) is 20.4. The van der Waals surface area contributed by atoms with Gasteiger partial charge in [-0.25, -0.2) is 0 Å². The van der Waals surface area contributed by atoms with Crippen molar-refractivity contribution in [2.75, 3.05) is 19.6 Å². The number of carbonyl (C=O) groups is 1. The van der Waals surface area contributed by atoms with Crippen LogP contribution in [-0.2, 0) is 19.4 Å². The first-order valence-corrected chi connectivity index (χ1v) is 13.1. The van der Waals surface area contributed by atoms with Gasteiger partial charge in [-0.15, -0.1) is 11.3 Å². The Morgan fingerprint density at radius 3 is 2.47 bits per heavy atom. The van der Waals surface area contributed by atoms with Crippen LogP contribution in [0.1, 0.15) is 74.6 Å². The second-order valence-electron chi connectivity index (χ2n) is 10.1. The van der Waals surface area contributed by atoms with E-state index in [1.165, 1.54) is 60.5 Å². The number of rotatable bonds is 5. The number of aromatic nitrogens is 1. The highest BCUT2D eigenvalue weighted by Crippen LogP contribution is 2.38. The molecule has 0 unspecified atom stereocenters. The van der Waals surface area contributed by atoms with Crippen LogP contribution in [0.2, 0.25) is 0 Å². The van der Waals surface area contributed by atoms with Crippen LogP contribution < -0.4 is 5.56 Å². The highest BCUT2D eigenvalue weighted by molar-refractivity contribution is 7.12. The van der Waals surface area contributed by atoms with Crippen molar-refractivity contribution in [1.29, 1.82) is 0 Å². The van der Waals surface area contributed by atoms with Crippen molar-refractivity contribution in [3.8, 4) is 0 Å². The maximum Gasteiger partial charge on any atom is 0.255 e. The Balaban J connectivity index is 1.28. The number of thiophene rings is 1. The molecule has 1 aliphatic carbocycles. The zero-order valence-electron chi connectivity index (χ0n) is 19.6. The predicted molar refractivity (Wildman–Crippen MR) is 130 cm³/mol. The first kappa shape index (κ1) is 21.9. The lowest BCUT2D eigenvalue weighted by Gasteiger charge is -2.42. The Bertz CT molecular complexity index is 1070. The second kappa shape index (κ2) is 8.79. The molecule has 4 heterocycles. The summed E-state index contributed by atoms with van der Waals surface area (Å²) in [4.78, 5) is 36.0. The van der Waals surface area contributed by atoms with Gasteiger partial charge in [0.1, 0.15) is 0 Å². The summed E-state index contributed by atoms with van der Waals surface area (Å²) in [6.45, 7) is 9.69. The lowest BCUT2D eigenvalue weighted by atomic mass is 9.82. The van der Waals surface area contributed by atoms with Crippen molar-refractivity contribution in [2.45, 2.75) is 78.3 Å². The van der Waals surface area contributed by atoms with Gasteiger partial charge in [-0.05, 0) is 95.5 Å². The van der Waals surface area contributed by atoms with Gasteiger partial charge >= 0.3 is 0 Å². The van der Waals surface area contributed by atoms with E-state index in [9.17, 15) is 9.59 Å². The number of fused-ring (bicyclic) bond motifs is 1. The standard InChI is InChI=1S/C26H35N3O2S/c1-16-13-17(2)27-25(30)21(16)15-29-12-9-22-24(26(29)31)18(3)23(32-22)14-19-5-7-20(8-6-19)28-10-4-11-28/h13,19-20H,4-12,14-15H2,1-3H3,(H,27,30). The summed E-state index contributed by atoms with van der Waals surface area (Å²) >= 11 is 1.87. The average Bonchev–Trinajstić information content (AvgIpc) is 3.02. The van der Waals surface area contributed by atoms with Crippen molar-refractivity contribution in [2.24, 2.45) is 5.92 Å². The van der Waals surface area contributed by atoms with Crippen molar-refractivity contribution in [1.82, 2.24) is 14.8 Å². The largest absolute Gasteiger partial charge is 0.334 e. The van der Waals surface area contributed by atoms with Crippen LogP contribution in [0.15, 0.2) is 10.9 Å². The summed E-state index contributed by atoms with van der Waals surface area (Å²) in [6, 6.07) is 2.81. The normalized spacial score (nSPS) is 23.8. The highest BCUT2D eigenvalue weighted by atomic mass is 32.1. The third kappa shape index (κ3) is 4.08. The van der Waals surface area contributed by atoms with Crippen molar-refractivity contribution in [3.63, 3.8) is 0 Å². The number of H-pyrrole nitrogens is 1. The Labute approximate surface area is 194 Å². The number of aryl methyl sites for hydroxylation is 2. The van der Waals surface area contributed by atoms with Crippen molar-refractivity contribution >= 4 is 17.2 Å². The summed E-state index contributed by atoms with van der Waals surface area (Å²) < 4.78 is 0. The van der Waals surface area contributed by atoms with Crippen LogP contribution in [0.3, 0.4) is 0 Å². The molecule has 1 N–H and O–H groups in total. The zero-order chi connectivity index (χ0) is 22.4. The Hall–Kier alpha value is -1.92. The number of aromatic amines is 1. The van der Waals surface area contributed by atoms with E-state index in [1.807, 2.05) is 36.2 Å². The van der Waals surface area contributed by atoms with Gasteiger partial charge in [0.15, 0.2) is 0 Å². The minimum Gasteiger partial charge on any atom is -0.334 e. The van der Waals surface area contributed by atoms with E-state index in [2.05, 4.69) is 16.8 Å². The van der Waals surface area contributed by atoms with Gasteiger partial charge in [-0.1, -0.05) is 0 Å². The lowest BCUT2D eigenvalue weighted by molar-refractivity contribution is 0.0727. The first-order chi connectivity index (χ1) is 15.4. The second-order valence-corrected chi connectivity index (χ2v) is 11.3. The topological polar surface area (TPSA) is 56.4 Å². The minimum atomic E-state index is -0.0716. The number of hydrogen-bond acceptors (Lipinski definition) is 4. The maximum absolute atomic E-state index is 13.4. The number of amides is 1. The lowest BCUT2D eigenvalue weighted by Crippen LogP contribution is -2.46. The summed E-state index contributed by atoms with van der Waals surface area (Å²) in [5, 5.41) is 0. The number of nitrogens with zero attached hydrogens (tertiary/aromatic N) is 2. The third-order valence-corrected chi connectivity index (χ3v) is 9.34. The highest BCUT2D eigenvalue weighted by Gasteiger charge is 2.33. The van der Waals surface area contributed by atoms with Crippen LogP contribution >= 0.6 is 11.3 Å². The van der Waals surface area contributed by atoms with Crippen molar-refractivity contribution < 1.29 is 4.79 Å². The fraction of sp³-hybridized carbons (Fsp3) is 0.615. The smallest absolute Gasteiger partial charge is 0.255 e. The Morgan fingerprint density at radius 1 is 1.06 bits per heavy atom. The summed E-state index contributed by atoms with van der Waals surface area (Å²) in [6.07, 6.45) is 8.72. The van der Waals surface area contributed by atoms with Gasteiger partial charge < -0.3 is 14.8 Å². The molecule has 6 heteroatoms. The van der Waals surface area contributed by atoms with E-state index in [4.69, 9.17) is 0 Å². The monoisotopic (exact) mass is 453 g/mol. The SMILES string of the molecule is Cc1cc(C)c(CN2CCc3sc(CC4CCC(N5CCC5)CC4)c(C)c3C2=O)c(=O)[nH]1. The molecule has 5 rings (SSSR count). The number of likely N-dealkylation sites (tertiary alicyclic amines) is 1. The van der Waals surface area contributed by atoms with Crippen LogP contribution in [0.25, 0.3) is 0 Å². The van der Waals surface area contributed by atoms with Crippen LogP contribution in [0, 0.1) is 26.7 Å². The Kier molecular flexibility index (Phi) is 6.01. The van der Waals surface area contributed by atoms with E-state index in [1.54, 1.807) is 0 Å². The van der Waals surface area contributed by atoms with Crippen LogP contribution in [0.5, 0.6) is 0 Å². The van der Waals surface area contributed by atoms with E-state index < -0.39 is 0 Å². The number of pyridine rings is 1. The molecule has 32 heavy (non-hydrogen) atoms. The predicted octanol–water partition coefficient (Wildman–Crippen LogP) is 4.37. The molecular weight excluding hydrogens is 418 g/mol. The molecule has 0 bridgehead atoms. The van der Waals surface area contributed by atoms with E-state index in [0.717, 1.165) is 41.6 Å². The van der Waals surface area contributed by atoms with Crippen LogP contribution in [-0.4, -0.2) is 46.4 Å². The molecule has 2 aliphatic heterocycles. The molecule has 0 spiro atoms. The first-order valence-electron chi connectivity index (χ1n) is 12.2. The molecule has 3 aliphatic rings. The van der Waals surface area contributed by atoms with Crippen molar-refractivity contribution in [3.05, 3.63) is 54.1 Å². The quantitative estimate of drug-likeness (QED) is 0.732. The number of nitrogens with one attached hydrogen (secondary N) is 1. The summed E-state index contributed by atoms with van der Waals surface area (Å²) in [5.74, 6) is 0.860. The van der Waals surface area contributed by atoms with Gasteiger partial charge in [0.25, 0.3) is 11.5 Å².